The van der Waals surface area contributed by atoms with Crippen LogP contribution in [0.4, 0.5) is 0 Å². The summed E-state index contributed by atoms with van der Waals surface area (Å²) in [7, 11) is 1.71. The van der Waals surface area contributed by atoms with Crippen LogP contribution < -0.4 is 9.47 Å². The first-order chi connectivity index (χ1) is 13.8. The van der Waals surface area contributed by atoms with E-state index in [2.05, 4.69) is 65.0 Å². The van der Waals surface area contributed by atoms with Crippen LogP contribution in [0.25, 0.3) is 0 Å². The molecule has 0 amide bonds. The SMILES string of the molecule is COc1ccc2c(c1)CC[C@@](C)(CC/C=C(\C)CC/C=C(\C)CCC=C(C)C)O2. The van der Waals surface area contributed by atoms with Gasteiger partial charge in [0.05, 0.1) is 7.11 Å². The molecule has 0 aliphatic carbocycles. The second kappa shape index (κ2) is 11.3. The number of benzene rings is 1. The van der Waals surface area contributed by atoms with Gasteiger partial charge in [-0.1, -0.05) is 34.9 Å². The van der Waals surface area contributed by atoms with E-state index in [4.69, 9.17) is 9.47 Å². The lowest BCUT2D eigenvalue weighted by molar-refractivity contribution is 0.0570. The van der Waals surface area contributed by atoms with E-state index in [9.17, 15) is 0 Å². The number of rotatable bonds is 10. The predicted octanol–water partition coefficient (Wildman–Crippen LogP) is 7.98. The first-order valence-electron chi connectivity index (χ1n) is 11.1. The first kappa shape index (κ1) is 23.3. The van der Waals surface area contributed by atoms with Gasteiger partial charge in [-0.25, -0.2) is 0 Å². The van der Waals surface area contributed by atoms with Crippen LogP contribution in [0.5, 0.6) is 11.5 Å². The van der Waals surface area contributed by atoms with E-state index in [1.807, 2.05) is 6.07 Å². The molecule has 29 heavy (non-hydrogen) atoms. The molecule has 0 saturated carbocycles. The third-order valence-electron chi connectivity index (χ3n) is 5.84. The van der Waals surface area contributed by atoms with Crippen molar-refractivity contribution < 1.29 is 9.47 Å². The molecule has 160 valence electrons. The quantitative estimate of drug-likeness (QED) is 0.373. The molecule has 1 aliphatic heterocycles. The summed E-state index contributed by atoms with van der Waals surface area (Å²) in [5.74, 6) is 1.93. The molecule has 2 heteroatoms. The van der Waals surface area contributed by atoms with Crippen LogP contribution >= 0.6 is 0 Å². The lowest BCUT2D eigenvalue weighted by Crippen LogP contribution is -2.36. The van der Waals surface area contributed by atoms with E-state index in [-0.39, 0.29) is 5.60 Å². The molecule has 1 aliphatic rings. The normalized spacial score (nSPS) is 19.4. The summed E-state index contributed by atoms with van der Waals surface area (Å²) in [5, 5.41) is 0. The molecular formula is C27H40O2. The van der Waals surface area contributed by atoms with Gasteiger partial charge in [-0.3, -0.25) is 0 Å². The van der Waals surface area contributed by atoms with Gasteiger partial charge in [0, 0.05) is 0 Å². The average Bonchev–Trinajstić information content (AvgIpc) is 2.67. The molecule has 2 rings (SSSR count). The average molecular weight is 397 g/mol. The Labute approximate surface area is 178 Å². The van der Waals surface area contributed by atoms with Crippen molar-refractivity contribution in [3.63, 3.8) is 0 Å². The van der Waals surface area contributed by atoms with E-state index in [1.54, 1.807) is 7.11 Å². The van der Waals surface area contributed by atoms with E-state index >= 15 is 0 Å². The lowest BCUT2D eigenvalue weighted by atomic mass is 9.88. The smallest absolute Gasteiger partial charge is 0.123 e. The van der Waals surface area contributed by atoms with Crippen LogP contribution in [-0.4, -0.2) is 12.7 Å². The number of hydrogen-bond acceptors (Lipinski definition) is 2. The van der Waals surface area contributed by atoms with Crippen LogP contribution in [0, 0.1) is 0 Å². The highest BCUT2D eigenvalue weighted by Gasteiger charge is 2.30. The van der Waals surface area contributed by atoms with Crippen LogP contribution in [0.2, 0.25) is 0 Å². The Morgan fingerprint density at radius 1 is 1.00 bits per heavy atom. The Kier molecular flexibility index (Phi) is 9.07. The number of hydrogen-bond donors (Lipinski definition) is 0. The summed E-state index contributed by atoms with van der Waals surface area (Å²) in [6.07, 6.45) is 16.0. The Hall–Kier alpha value is -1.96. The Morgan fingerprint density at radius 3 is 2.31 bits per heavy atom. The van der Waals surface area contributed by atoms with Crippen molar-refractivity contribution >= 4 is 0 Å². The van der Waals surface area contributed by atoms with Crippen molar-refractivity contribution in [2.45, 2.75) is 91.6 Å². The maximum absolute atomic E-state index is 6.37. The van der Waals surface area contributed by atoms with E-state index in [1.165, 1.54) is 28.7 Å². The zero-order valence-electron chi connectivity index (χ0n) is 19.4. The zero-order chi connectivity index (χ0) is 21.3. The number of allylic oxidation sites excluding steroid dienone is 6. The summed E-state index contributed by atoms with van der Waals surface area (Å²) in [6.45, 7) is 11.1. The first-order valence-corrected chi connectivity index (χ1v) is 11.1. The van der Waals surface area contributed by atoms with Crippen molar-refractivity contribution in [3.8, 4) is 11.5 Å². The molecule has 0 unspecified atom stereocenters. The molecule has 0 bridgehead atoms. The third kappa shape index (κ3) is 8.12. The maximum Gasteiger partial charge on any atom is 0.123 e. The van der Waals surface area contributed by atoms with Crippen LogP contribution in [-0.2, 0) is 6.42 Å². The van der Waals surface area contributed by atoms with Crippen molar-refractivity contribution in [1.29, 1.82) is 0 Å². The molecule has 0 N–H and O–H groups in total. The summed E-state index contributed by atoms with van der Waals surface area (Å²) >= 11 is 0. The highest BCUT2D eigenvalue weighted by atomic mass is 16.5. The van der Waals surface area contributed by atoms with Gasteiger partial charge in [0.25, 0.3) is 0 Å². The molecular weight excluding hydrogens is 356 g/mol. The number of fused-ring (bicyclic) bond motifs is 1. The van der Waals surface area contributed by atoms with Gasteiger partial charge in [-0.2, -0.15) is 0 Å². The second-order valence-corrected chi connectivity index (χ2v) is 9.02. The molecule has 0 fully saturated rings. The van der Waals surface area contributed by atoms with Crippen molar-refractivity contribution in [2.75, 3.05) is 7.11 Å². The van der Waals surface area contributed by atoms with Gasteiger partial charge in [-0.05, 0) is 110 Å². The molecule has 0 radical (unpaired) electrons. The molecule has 1 atom stereocenters. The van der Waals surface area contributed by atoms with Gasteiger partial charge in [0.15, 0.2) is 0 Å². The van der Waals surface area contributed by atoms with Crippen LogP contribution in [0.1, 0.15) is 85.1 Å². The monoisotopic (exact) mass is 396 g/mol. The summed E-state index contributed by atoms with van der Waals surface area (Å²) in [4.78, 5) is 0. The van der Waals surface area contributed by atoms with Gasteiger partial charge in [0.2, 0.25) is 0 Å². The van der Waals surface area contributed by atoms with Crippen LogP contribution in [0.3, 0.4) is 0 Å². The van der Waals surface area contributed by atoms with Gasteiger partial charge in [-0.15, -0.1) is 0 Å². The molecule has 1 aromatic carbocycles. The molecule has 2 nitrogen and oxygen atoms in total. The third-order valence-corrected chi connectivity index (χ3v) is 5.84. The van der Waals surface area contributed by atoms with Crippen molar-refractivity contribution in [2.24, 2.45) is 0 Å². The summed E-state index contributed by atoms with van der Waals surface area (Å²) < 4.78 is 11.7. The minimum atomic E-state index is -0.0697. The van der Waals surface area contributed by atoms with Gasteiger partial charge in [0.1, 0.15) is 17.1 Å². The van der Waals surface area contributed by atoms with E-state index < -0.39 is 0 Å². The minimum absolute atomic E-state index is 0.0697. The summed E-state index contributed by atoms with van der Waals surface area (Å²) in [6, 6.07) is 6.15. The van der Waals surface area contributed by atoms with Crippen molar-refractivity contribution in [3.05, 3.63) is 58.7 Å². The highest BCUT2D eigenvalue weighted by molar-refractivity contribution is 5.42. The van der Waals surface area contributed by atoms with Crippen molar-refractivity contribution in [1.82, 2.24) is 0 Å². The molecule has 1 aromatic rings. The molecule has 1 heterocycles. The molecule has 0 saturated heterocycles. The fourth-order valence-electron chi connectivity index (χ4n) is 3.83. The highest BCUT2D eigenvalue weighted by Crippen LogP contribution is 2.37. The minimum Gasteiger partial charge on any atom is -0.497 e. The standard InChI is InChI=1S/C27H40O2/c1-21(2)10-7-11-22(3)12-8-13-23(4)14-9-18-27(5)19-17-24-20-25(28-6)15-16-26(24)29-27/h10,12,14-16,20H,7-9,11,13,17-19H2,1-6H3/b22-12+,23-14+/t27-/m1/s1. The summed E-state index contributed by atoms with van der Waals surface area (Å²) in [5.41, 5.74) is 5.60. The van der Waals surface area contributed by atoms with Gasteiger partial charge < -0.3 is 9.47 Å². The number of ether oxygens (including phenoxy) is 2. The van der Waals surface area contributed by atoms with E-state index in [0.717, 1.165) is 56.4 Å². The predicted molar refractivity (Wildman–Crippen MR) is 125 cm³/mol. The lowest BCUT2D eigenvalue weighted by Gasteiger charge is -2.36. The Bertz CT molecular complexity index is 750. The zero-order valence-corrected chi connectivity index (χ0v) is 19.4. The largest absolute Gasteiger partial charge is 0.497 e. The molecule has 0 spiro atoms. The Balaban J connectivity index is 1.76. The fourth-order valence-corrected chi connectivity index (χ4v) is 3.83. The molecule has 0 aromatic heterocycles. The topological polar surface area (TPSA) is 18.5 Å². The van der Waals surface area contributed by atoms with E-state index in [0.29, 0.717) is 0 Å². The number of methoxy groups -OCH3 is 1. The second-order valence-electron chi connectivity index (χ2n) is 9.02. The van der Waals surface area contributed by atoms with Crippen LogP contribution in [0.15, 0.2) is 53.1 Å². The van der Waals surface area contributed by atoms with Gasteiger partial charge >= 0.3 is 0 Å². The maximum atomic E-state index is 6.37. The Morgan fingerprint density at radius 2 is 1.66 bits per heavy atom. The fraction of sp³-hybridized carbons (Fsp3) is 0.556. The number of aryl methyl sites for hydroxylation is 1.